The zero-order valence-corrected chi connectivity index (χ0v) is 13.8. The van der Waals surface area contributed by atoms with E-state index in [4.69, 9.17) is 4.74 Å². The minimum atomic E-state index is -0.773. The lowest BCUT2D eigenvalue weighted by atomic mass is 9.88. The molecule has 1 aliphatic heterocycles. The average Bonchev–Trinajstić information content (AvgIpc) is 2.45. The molecule has 1 aliphatic rings. The van der Waals surface area contributed by atoms with Gasteiger partial charge in [-0.2, -0.15) is 0 Å². The van der Waals surface area contributed by atoms with Crippen molar-refractivity contribution in [3.8, 4) is 5.75 Å². The first-order chi connectivity index (χ1) is 10.3. The first-order valence-corrected chi connectivity index (χ1v) is 8.06. The number of fused-ring (bicyclic) bond motifs is 1. The Hall–Kier alpha value is -1.55. The van der Waals surface area contributed by atoms with E-state index in [1.54, 1.807) is 0 Å². The number of aliphatic carboxylic acids is 1. The highest BCUT2D eigenvalue weighted by atomic mass is 16.5. The van der Waals surface area contributed by atoms with Crippen molar-refractivity contribution in [2.45, 2.75) is 59.0 Å². The van der Waals surface area contributed by atoms with E-state index in [0.717, 1.165) is 37.2 Å². The maximum absolute atomic E-state index is 11.4. The number of rotatable bonds is 6. The van der Waals surface area contributed by atoms with Crippen LogP contribution in [0.4, 0.5) is 0 Å². The van der Waals surface area contributed by atoms with Gasteiger partial charge in [-0.3, -0.25) is 4.79 Å². The molecule has 2 N–H and O–H groups in total. The van der Waals surface area contributed by atoms with Gasteiger partial charge in [0.2, 0.25) is 0 Å². The molecule has 0 radical (unpaired) electrons. The Morgan fingerprint density at radius 1 is 1.41 bits per heavy atom. The van der Waals surface area contributed by atoms with Crippen LogP contribution in [-0.2, 0) is 17.8 Å². The Morgan fingerprint density at radius 2 is 2.18 bits per heavy atom. The summed E-state index contributed by atoms with van der Waals surface area (Å²) in [7, 11) is 0. The predicted molar refractivity (Wildman–Crippen MR) is 87.2 cm³/mol. The van der Waals surface area contributed by atoms with E-state index in [1.807, 2.05) is 12.1 Å². The maximum atomic E-state index is 11.4. The molecule has 2 rings (SSSR count). The van der Waals surface area contributed by atoms with Crippen LogP contribution in [0.2, 0.25) is 0 Å². The fourth-order valence-corrected chi connectivity index (χ4v) is 2.65. The van der Waals surface area contributed by atoms with Crippen LogP contribution in [-0.4, -0.2) is 23.7 Å². The monoisotopic (exact) mass is 305 g/mol. The van der Waals surface area contributed by atoms with Gasteiger partial charge in [0.25, 0.3) is 0 Å². The number of ether oxygens (including phenoxy) is 1. The molecular formula is C18H27NO3. The molecule has 122 valence electrons. The van der Waals surface area contributed by atoms with Gasteiger partial charge < -0.3 is 15.2 Å². The molecule has 0 saturated carbocycles. The zero-order valence-electron chi connectivity index (χ0n) is 13.8. The predicted octanol–water partition coefficient (Wildman–Crippen LogP) is 3.38. The number of carboxylic acid groups (broad SMARTS) is 1. The van der Waals surface area contributed by atoms with E-state index >= 15 is 0 Å². The highest BCUT2D eigenvalue weighted by Crippen LogP contribution is 2.26. The van der Waals surface area contributed by atoms with Crippen LogP contribution in [0.5, 0.6) is 5.75 Å². The number of aryl methyl sites for hydroxylation is 1. The highest BCUT2D eigenvalue weighted by Gasteiger charge is 2.20. The van der Waals surface area contributed by atoms with Gasteiger partial charge in [0.05, 0.1) is 6.61 Å². The molecule has 0 amide bonds. The molecule has 0 aromatic heterocycles. The summed E-state index contributed by atoms with van der Waals surface area (Å²) in [6.45, 7) is 7.77. The van der Waals surface area contributed by atoms with Gasteiger partial charge in [-0.15, -0.1) is 0 Å². The topological polar surface area (TPSA) is 58.6 Å². The van der Waals surface area contributed by atoms with Crippen molar-refractivity contribution in [2.24, 2.45) is 5.41 Å². The van der Waals surface area contributed by atoms with Gasteiger partial charge in [0.15, 0.2) is 0 Å². The summed E-state index contributed by atoms with van der Waals surface area (Å²) in [5, 5.41) is 12.5. The summed E-state index contributed by atoms with van der Waals surface area (Å²) < 4.78 is 5.60. The quantitative estimate of drug-likeness (QED) is 0.846. The molecule has 4 nitrogen and oxygen atoms in total. The van der Waals surface area contributed by atoms with E-state index in [9.17, 15) is 9.90 Å². The first kappa shape index (κ1) is 16.8. The number of carbonyl (C=O) groups is 1. The van der Waals surface area contributed by atoms with Crippen LogP contribution in [0, 0.1) is 5.41 Å². The molecule has 0 aliphatic carbocycles. The van der Waals surface area contributed by atoms with Crippen molar-refractivity contribution in [2.75, 3.05) is 6.61 Å². The van der Waals surface area contributed by atoms with Crippen molar-refractivity contribution in [1.29, 1.82) is 0 Å². The molecule has 1 atom stereocenters. The van der Waals surface area contributed by atoms with Crippen LogP contribution in [0.25, 0.3) is 0 Å². The van der Waals surface area contributed by atoms with Crippen LogP contribution in [0.1, 0.15) is 51.2 Å². The summed E-state index contributed by atoms with van der Waals surface area (Å²) in [6.07, 6.45) is 3.62. The zero-order chi connectivity index (χ0) is 16.2. The molecule has 4 heteroatoms. The molecule has 1 aromatic carbocycles. The number of carboxylic acids is 1. The lowest BCUT2D eigenvalue weighted by Crippen LogP contribution is -2.37. The van der Waals surface area contributed by atoms with Crippen molar-refractivity contribution >= 4 is 5.97 Å². The second kappa shape index (κ2) is 7.14. The number of hydrogen-bond acceptors (Lipinski definition) is 3. The second-order valence-electron chi connectivity index (χ2n) is 7.27. The standard InChI is InChI=1S/C18H27NO3/c1-18(2,3)9-8-15(17(20)21)19-12-13-6-7-16-14(11-13)5-4-10-22-16/h6-7,11,15,19H,4-5,8-10,12H2,1-3H3,(H,20,21). The molecular weight excluding hydrogens is 278 g/mol. The summed E-state index contributed by atoms with van der Waals surface area (Å²) in [6, 6.07) is 5.65. The van der Waals surface area contributed by atoms with Crippen LogP contribution < -0.4 is 10.1 Å². The Labute approximate surface area is 132 Å². The summed E-state index contributed by atoms with van der Waals surface area (Å²) in [4.78, 5) is 11.4. The molecule has 0 fully saturated rings. The molecule has 1 heterocycles. The molecule has 0 saturated heterocycles. The van der Waals surface area contributed by atoms with Gasteiger partial charge >= 0.3 is 5.97 Å². The largest absolute Gasteiger partial charge is 0.493 e. The highest BCUT2D eigenvalue weighted by molar-refractivity contribution is 5.73. The first-order valence-electron chi connectivity index (χ1n) is 8.06. The summed E-state index contributed by atoms with van der Waals surface area (Å²) in [5.41, 5.74) is 2.50. The van der Waals surface area contributed by atoms with Gasteiger partial charge in [-0.05, 0) is 48.3 Å². The van der Waals surface area contributed by atoms with Gasteiger partial charge in [-0.25, -0.2) is 0 Å². The number of hydrogen-bond donors (Lipinski definition) is 2. The van der Waals surface area contributed by atoms with Crippen molar-refractivity contribution in [3.63, 3.8) is 0 Å². The Balaban J connectivity index is 1.93. The minimum absolute atomic E-state index is 0.151. The van der Waals surface area contributed by atoms with Crippen LogP contribution in [0.15, 0.2) is 18.2 Å². The third kappa shape index (κ3) is 5.02. The fourth-order valence-electron chi connectivity index (χ4n) is 2.65. The van der Waals surface area contributed by atoms with Gasteiger partial charge in [0, 0.05) is 6.54 Å². The van der Waals surface area contributed by atoms with E-state index in [1.165, 1.54) is 5.56 Å². The smallest absolute Gasteiger partial charge is 0.320 e. The molecule has 22 heavy (non-hydrogen) atoms. The minimum Gasteiger partial charge on any atom is -0.493 e. The maximum Gasteiger partial charge on any atom is 0.320 e. The molecule has 1 unspecified atom stereocenters. The van der Waals surface area contributed by atoms with Gasteiger partial charge in [-0.1, -0.05) is 32.9 Å². The van der Waals surface area contributed by atoms with E-state index in [-0.39, 0.29) is 5.41 Å². The Kier molecular flexibility index (Phi) is 5.46. The summed E-state index contributed by atoms with van der Waals surface area (Å²) >= 11 is 0. The van der Waals surface area contributed by atoms with E-state index < -0.39 is 12.0 Å². The SMILES string of the molecule is CC(C)(C)CCC(NCc1ccc2c(c1)CCCO2)C(=O)O. The lowest BCUT2D eigenvalue weighted by Gasteiger charge is -2.22. The third-order valence-electron chi connectivity index (χ3n) is 4.01. The second-order valence-corrected chi connectivity index (χ2v) is 7.27. The molecule has 0 spiro atoms. The van der Waals surface area contributed by atoms with Crippen molar-refractivity contribution < 1.29 is 14.6 Å². The fraction of sp³-hybridized carbons (Fsp3) is 0.611. The lowest BCUT2D eigenvalue weighted by molar-refractivity contribution is -0.139. The molecule has 1 aromatic rings. The number of benzene rings is 1. The Morgan fingerprint density at radius 3 is 2.86 bits per heavy atom. The molecule has 0 bridgehead atoms. The normalized spacial score (nSPS) is 15.8. The Bertz CT molecular complexity index is 520. The summed E-state index contributed by atoms with van der Waals surface area (Å²) in [5.74, 6) is 0.197. The van der Waals surface area contributed by atoms with Crippen molar-refractivity contribution in [3.05, 3.63) is 29.3 Å². The van der Waals surface area contributed by atoms with Crippen molar-refractivity contribution in [1.82, 2.24) is 5.32 Å². The van der Waals surface area contributed by atoms with Gasteiger partial charge in [0.1, 0.15) is 11.8 Å². The number of nitrogens with one attached hydrogen (secondary N) is 1. The van der Waals surface area contributed by atoms with Crippen LogP contribution >= 0.6 is 0 Å². The average molecular weight is 305 g/mol. The third-order valence-corrected chi connectivity index (χ3v) is 4.01. The van der Waals surface area contributed by atoms with Crippen LogP contribution in [0.3, 0.4) is 0 Å². The van der Waals surface area contributed by atoms with E-state index in [2.05, 4.69) is 32.2 Å². The van der Waals surface area contributed by atoms with E-state index in [0.29, 0.717) is 13.0 Å².